The molecule has 0 fully saturated rings. The minimum absolute atomic E-state index is 0.126. The summed E-state index contributed by atoms with van der Waals surface area (Å²) in [6.07, 6.45) is 2.88. The molecule has 2 aromatic heterocycles. The lowest BCUT2D eigenvalue weighted by Gasteiger charge is -2.03. The Labute approximate surface area is 165 Å². The summed E-state index contributed by atoms with van der Waals surface area (Å²) < 4.78 is 10.2. The molecule has 142 valence electrons. The molecule has 0 aliphatic heterocycles. The molecule has 1 N–H and O–H groups in total. The van der Waals surface area contributed by atoms with E-state index in [-0.39, 0.29) is 11.5 Å². The van der Waals surface area contributed by atoms with E-state index in [1.54, 1.807) is 36.4 Å². The van der Waals surface area contributed by atoms with E-state index < -0.39 is 11.9 Å². The third-order valence-electron chi connectivity index (χ3n) is 4.02. The molecule has 4 aromatic rings. The van der Waals surface area contributed by atoms with Crippen molar-refractivity contribution in [1.82, 2.24) is 10.4 Å². The van der Waals surface area contributed by atoms with Gasteiger partial charge in [-0.25, -0.2) is 15.2 Å². The lowest BCUT2D eigenvalue weighted by Crippen LogP contribution is -2.18. The van der Waals surface area contributed by atoms with Crippen LogP contribution in [0.4, 0.5) is 0 Å². The van der Waals surface area contributed by atoms with Crippen LogP contribution in [0.25, 0.3) is 10.9 Å². The minimum Gasteiger partial charge on any atom is -0.457 e. The van der Waals surface area contributed by atoms with Crippen LogP contribution in [0.1, 0.15) is 26.6 Å². The number of hydrogen-bond donors (Lipinski definition) is 1. The Balaban J connectivity index is 1.36. The molecule has 0 unspecified atom stereocenters. The predicted octanol–water partition coefficient (Wildman–Crippen LogP) is 3.81. The van der Waals surface area contributed by atoms with Gasteiger partial charge in [0, 0.05) is 5.39 Å². The number of pyridine rings is 1. The Morgan fingerprint density at radius 1 is 0.966 bits per heavy atom. The highest BCUT2D eigenvalue weighted by Gasteiger charge is 2.11. The van der Waals surface area contributed by atoms with E-state index in [1.807, 2.05) is 30.3 Å². The number of amides is 1. The van der Waals surface area contributed by atoms with Crippen LogP contribution in [0.3, 0.4) is 0 Å². The number of furan rings is 1. The lowest BCUT2D eigenvalue weighted by atomic mass is 10.2. The molecular formula is C22H15N3O4. The molecule has 0 aliphatic rings. The van der Waals surface area contributed by atoms with Gasteiger partial charge in [-0.3, -0.25) is 4.79 Å². The molecule has 7 heteroatoms. The Hall–Kier alpha value is -4.26. The van der Waals surface area contributed by atoms with E-state index in [0.29, 0.717) is 5.75 Å². The van der Waals surface area contributed by atoms with Gasteiger partial charge in [0.05, 0.1) is 18.0 Å². The number of rotatable bonds is 5. The van der Waals surface area contributed by atoms with Crippen LogP contribution in [0.5, 0.6) is 5.75 Å². The number of nitrogens with zero attached hydrogens (tertiary/aromatic N) is 2. The summed E-state index contributed by atoms with van der Waals surface area (Å²) >= 11 is 0. The Bertz CT molecular complexity index is 1180. The molecule has 0 saturated carbocycles. The van der Waals surface area contributed by atoms with Gasteiger partial charge in [-0.2, -0.15) is 5.10 Å². The molecule has 29 heavy (non-hydrogen) atoms. The normalized spacial score (nSPS) is 10.9. The quantitative estimate of drug-likeness (QED) is 0.244. The molecule has 0 aliphatic carbocycles. The topological polar surface area (TPSA) is 93.8 Å². The third kappa shape index (κ3) is 4.36. The highest BCUT2D eigenvalue weighted by molar-refractivity contribution is 5.95. The molecule has 1 amide bonds. The largest absolute Gasteiger partial charge is 0.457 e. The molecule has 2 heterocycles. The third-order valence-corrected chi connectivity index (χ3v) is 4.02. The fraction of sp³-hybridized carbons (Fsp3) is 0. The Morgan fingerprint density at radius 2 is 1.79 bits per heavy atom. The number of benzene rings is 2. The molecule has 0 spiro atoms. The van der Waals surface area contributed by atoms with Gasteiger partial charge >= 0.3 is 5.97 Å². The van der Waals surface area contributed by atoms with E-state index in [0.717, 1.165) is 16.5 Å². The maximum Gasteiger partial charge on any atom is 0.379 e. The first-order chi connectivity index (χ1) is 14.2. The van der Waals surface area contributed by atoms with E-state index >= 15 is 0 Å². The van der Waals surface area contributed by atoms with Gasteiger partial charge in [0.25, 0.3) is 5.91 Å². The van der Waals surface area contributed by atoms with Gasteiger partial charge in [-0.15, -0.1) is 0 Å². The average Bonchev–Trinajstić information content (AvgIpc) is 3.30. The lowest BCUT2D eigenvalue weighted by molar-refractivity contribution is 0.0701. The second-order valence-electron chi connectivity index (χ2n) is 6.02. The first kappa shape index (κ1) is 18.1. The second kappa shape index (κ2) is 8.18. The molecule has 0 radical (unpaired) electrons. The smallest absolute Gasteiger partial charge is 0.379 e. The number of ether oxygens (including phenoxy) is 1. The van der Waals surface area contributed by atoms with Crippen LogP contribution in [-0.4, -0.2) is 23.1 Å². The summed E-state index contributed by atoms with van der Waals surface area (Å²) in [6.45, 7) is 0. The summed E-state index contributed by atoms with van der Waals surface area (Å²) in [5.41, 5.74) is 4.18. The summed E-state index contributed by atoms with van der Waals surface area (Å²) in [5, 5.41) is 4.90. The highest BCUT2D eigenvalue weighted by atomic mass is 16.5. The zero-order valence-electron chi connectivity index (χ0n) is 15.1. The molecular weight excluding hydrogens is 370 g/mol. The van der Waals surface area contributed by atoms with Gasteiger partial charge in [-0.1, -0.05) is 24.3 Å². The van der Waals surface area contributed by atoms with Gasteiger partial charge in [-0.05, 0) is 54.1 Å². The summed E-state index contributed by atoms with van der Waals surface area (Å²) in [6, 6.07) is 20.8. The van der Waals surface area contributed by atoms with Crippen molar-refractivity contribution in [3.05, 3.63) is 96.1 Å². The van der Waals surface area contributed by atoms with Crippen molar-refractivity contribution in [2.75, 3.05) is 0 Å². The van der Waals surface area contributed by atoms with Crippen LogP contribution in [0.2, 0.25) is 0 Å². The van der Waals surface area contributed by atoms with E-state index in [1.165, 1.54) is 18.5 Å². The molecule has 0 atom stereocenters. The number of nitrogens with one attached hydrogen (secondary N) is 1. The van der Waals surface area contributed by atoms with Gasteiger partial charge < -0.3 is 9.15 Å². The Kier molecular flexibility index (Phi) is 5.11. The van der Waals surface area contributed by atoms with E-state index in [4.69, 9.17) is 9.15 Å². The highest BCUT2D eigenvalue weighted by Crippen LogP contribution is 2.14. The number of esters is 1. The maximum atomic E-state index is 12.2. The standard InChI is InChI=1S/C22H15N3O4/c26-21(19-12-9-16-4-1-2-5-18(16)24-19)25-23-14-15-7-10-17(11-8-15)29-22(27)20-6-3-13-28-20/h1-14H,(H,25,26)/b23-14+. The van der Waals surface area contributed by atoms with Crippen molar-refractivity contribution in [2.24, 2.45) is 5.10 Å². The van der Waals surface area contributed by atoms with Crippen molar-refractivity contribution in [3.8, 4) is 5.75 Å². The van der Waals surface area contributed by atoms with Gasteiger partial charge in [0.2, 0.25) is 5.76 Å². The van der Waals surface area contributed by atoms with E-state index in [9.17, 15) is 9.59 Å². The van der Waals surface area contributed by atoms with Crippen molar-refractivity contribution in [3.63, 3.8) is 0 Å². The van der Waals surface area contributed by atoms with Crippen LogP contribution in [0, 0.1) is 0 Å². The summed E-state index contributed by atoms with van der Waals surface area (Å²) in [4.78, 5) is 28.4. The van der Waals surface area contributed by atoms with Crippen molar-refractivity contribution in [2.45, 2.75) is 0 Å². The summed E-state index contributed by atoms with van der Waals surface area (Å²) in [7, 11) is 0. The average molecular weight is 385 g/mol. The number of para-hydroxylation sites is 1. The van der Waals surface area contributed by atoms with Crippen molar-refractivity contribution < 1.29 is 18.7 Å². The molecule has 4 rings (SSSR count). The predicted molar refractivity (Wildman–Crippen MR) is 107 cm³/mol. The summed E-state index contributed by atoms with van der Waals surface area (Å²) in [5.74, 6) is -0.490. The first-order valence-corrected chi connectivity index (χ1v) is 8.74. The van der Waals surface area contributed by atoms with Crippen LogP contribution in [0.15, 0.2) is 88.6 Å². The van der Waals surface area contributed by atoms with Crippen molar-refractivity contribution in [1.29, 1.82) is 0 Å². The van der Waals surface area contributed by atoms with Crippen molar-refractivity contribution >= 4 is 29.0 Å². The number of hydrogen-bond acceptors (Lipinski definition) is 6. The zero-order valence-corrected chi connectivity index (χ0v) is 15.1. The fourth-order valence-corrected chi connectivity index (χ4v) is 2.59. The number of aromatic nitrogens is 1. The minimum atomic E-state index is -0.577. The van der Waals surface area contributed by atoms with E-state index in [2.05, 4.69) is 15.5 Å². The molecule has 0 bridgehead atoms. The maximum absolute atomic E-state index is 12.2. The first-order valence-electron chi connectivity index (χ1n) is 8.74. The van der Waals surface area contributed by atoms with Crippen LogP contribution in [-0.2, 0) is 0 Å². The Morgan fingerprint density at radius 3 is 2.59 bits per heavy atom. The fourth-order valence-electron chi connectivity index (χ4n) is 2.59. The second-order valence-corrected chi connectivity index (χ2v) is 6.02. The number of hydrazone groups is 1. The monoisotopic (exact) mass is 385 g/mol. The van der Waals surface area contributed by atoms with Gasteiger partial charge in [0.15, 0.2) is 0 Å². The van der Waals surface area contributed by atoms with Crippen LogP contribution >= 0.6 is 0 Å². The molecule has 7 nitrogen and oxygen atoms in total. The van der Waals surface area contributed by atoms with Crippen LogP contribution < -0.4 is 10.2 Å². The molecule has 0 saturated heterocycles. The number of fused-ring (bicyclic) bond motifs is 1. The number of carbonyl (C=O) groups excluding carboxylic acids is 2. The SMILES string of the molecule is O=C(N/N=C/c1ccc(OC(=O)c2ccco2)cc1)c1ccc2ccccc2n1. The number of carbonyl (C=O) groups is 2. The zero-order chi connectivity index (χ0) is 20.1. The molecule has 2 aromatic carbocycles. The van der Waals surface area contributed by atoms with Gasteiger partial charge in [0.1, 0.15) is 11.4 Å².